The number of hydrogen-bond donors (Lipinski definition) is 1. The molecule has 0 fully saturated rings. The van der Waals surface area contributed by atoms with Crippen LogP contribution in [0.1, 0.15) is 30.2 Å². The molecule has 1 aromatic heterocycles. The fourth-order valence-corrected chi connectivity index (χ4v) is 2.32. The van der Waals surface area contributed by atoms with Gasteiger partial charge in [0.2, 0.25) is 5.88 Å². The van der Waals surface area contributed by atoms with Gasteiger partial charge in [0, 0.05) is 18.3 Å². The molecule has 4 heteroatoms. The van der Waals surface area contributed by atoms with E-state index in [2.05, 4.69) is 23.3 Å². The van der Waals surface area contributed by atoms with Gasteiger partial charge in [-0.15, -0.1) is 0 Å². The summed E-state index contributed by atoms with van der Waals surface area (Å²) in [6, 6.07) is 9.80. The zero-order chi connectivity index (χ0) is 15.2. The third-order valence-electron chi connectivity index (χ3n) is 3.10. The minimum Gasteiger partial charge on any atom is -0.437 e. The van der Waals surface area contributed by atoms with Crippen LogP contribution in [0.25, 0.3) is 0 Å². The van der Waals surface area contributed by atoms with Crippen LogP contribution in [0.3, 0.4) is 0 Å². The summed E-state index contributed by atoms with van der Waals surface area (Å²) in [5.74, 6) is 1.24. The van der Waals surface area contributed by atoms with Crippen molar-refractivity contribution < 1.29 is 4.74 Å². The van der Waals surface area contributed by atoms with Gasteiger partial charge in [-0.2, -0.15) is 0 Å². The van der Waals surface area contributed by atoms with E-state index in [9.17, 15) is 0 Å². The number of aryl methyl sites for hydroxylation is 2. The van der Waals surface area contributed by atoms with Crippen molar-refractivity contribution in [1.29, 1.82) is 0 Å². The molecule has 0 bridgehead atoms. The molecule has 112 valence electrons. The third-order valence-corrected chi connectivity index (χ3v) is 3.42. The largest absolute Gasteiger partial charge is 0.437 e. The van der Waals surface area contributed by atoms with E-state index in [1.54, 1.807) is 0 Å². The van der Waals surface area contributed by atoms with Crippen molar-refractivity contribution in [2.24, 2.45) is 0 Å². The van der Waals surface area contributed by atoms with Crippen LogP contribution in [0.5, 0.6) is 11.6 Å². The molecule has 0 radical (unpaired) electrons. The second-order valence-electron chi connectivity index (χ2n) is 5.12. The third kappa shape index (κ3) is 4.45. The number of hydrogen-bond acceptors (Lipinski definition) is 3. The molecule has 1 aromatic carbocycles. The number of pyridine rings is 1. The van der Waals surface area contributed by atoms with Crippen LogP contribution in [0, 0.1) is 6.92 Å². The van der Waals surface area contributed by atoms with E-state index in [1.165, 1.54) is 0 Å². The van der Waals surface area contributed by atoms with Crippen molar-refractivity contribution in [2.45, 2.75) is 33.2 Å². The van der Waals surface area contributed by atoms with E-state index in [0.717, 1.165) is 36.2 Å². The first kappa shape index (κ1) is 15.8. The lowest BCUT2D eigenvalue weighted by Gasteiger charge is -2.11. The summed E-state index contributed by atoms with van der Waals surface area (Å²) < 4.78 is 5.89. The predicted molar refractivity (Wildman–Crippen MR) is 87.3 cm³/mol. The quantitative estimate of drug-likeness (QED) is 0.852. The number of rotatable bonds is 6. The Labute approximate surface area is 131 Å². The molecule has 0 spiro atoms. The van der Waals surface area contributed by atoms with E-state index in [4.69, 9.17) is 16.3 Å². The van der Waals surface area contributed by atoms with E-state index in [-0.39, 0.29) is 0 Å². The van der Waals surface area contributed by atoms with Crippen molar-refractivity contribution in [3.8, 4) is 11.6 Å². The molecular weight excluding hydrogens is 284 g/mol. The van der Waals surface area contributed by atoms with Crippen LogP contribution < -0.4 is 10.1 Å². The van der Waals surface area contributed by atoms with E-state index in [0.29, 0.717) is 16.7 Å². The molecule has 2 rings (SSSR count). The molecule has 21 heavy (non-hydrogen) atoms. The second-order valence-corrected chi connectivity index (χ2v) is 5.53. The number of halogens is 1. The maximum Gasteiger partial charge on any atom is 0.219 e. The monoisotopic (exact) mass is 304 g/mol. The molecule has 0 unspecified atom stereocenters. The fourth-order valence-electron chi connectivity index (χ4n) is 2.16. The minimum atomic E-state index is 0.596. The maximum absolute atomic E-state index is 6.18. The maximum atomic E-state index is 6.18. The lowest BCUT2D eigenvalue weighted by Crippen LogP contribution is -2.06. The van der Waals surface area contributed by atoms with Gasteiger partial charge in [-0.3, -0.25) is 0 Å². The van der Waals surface area contributed by atoms with Crippen LogP contribution >= 0.6 is 11.6 Å². The Morgan fingerprint density at radius 3 is 2.76 bits per heavy atom. The van der Waals surface area contributed by atoms with E-state index < -0.39 is 0 Å². The molecule has 0 saturated carbocycles. The van der Waals surface area contributed by atoms with Crippen LogP contribution in [-0.2, 0) is 13.0 Å². The molecule has 0 aliphatic rings. The van der Waals surface area contributed by atoms with Gasteiger partial charge < -0.3 is 10.1 Å². The topological polar surface area (TPSA) is 34.1 Å². The molecule has 0 aliphatic carbocycles. The molecule has 1 heterocycles. The van der Waals surface area contributed by atoms with Gasteiger partial charge in [-0.05, 0) is 49.7 Å². The van der Waals surface area contributed by atoms with Gasteiger partial charge in [0.05, 0.1) is 5.02 Å². The average molecular weight is 305 g/mol. The summed E-state index contributed by atoms with van der Waals surface area (Å²) in [6.07, 6.45) is 2.00. The van der Waals surface area contributed by atoms with Crippen molar-refractivity contribution in [2.75, 3.05) is 7.05 Å². The Morgan fingerprint density at radius 2 is 2.05 bits per heavy atom. The molecule has 0 amide bonds. The Hall–Kier alpha value is -1.58. The SMILES string of the molecule is CCCc1cc(CNC)cc(Oc2cc(C)ccc2Cl)n1. The first-order valence-electron chi connectivity index (χ1n) is 7.20. The molecule has 1 N–H and O–H groups in total. The number of nitrogens with zero attached hydrogens (tertiary/aromatic N) is 1. The summed E-state index contributed by atoms with van der Waals surface area (Å²) in [6.45, 7) is 4.94. The molecular formula is C17H21ClN2O. The first-order chi connectivity index (χ1) is 10.1. The Kier molecular flexibility index (Phi) is 5.59. The van der Waals surface area contributed by atoms with Crippen molar-refractivity contribution in [1.82, 2.24) is 10.3 Å². The molecule has 0 aliphatic heterocycles. The Bertz CT molecular complexity index is 589. The molecule has 0 atom stereocenters. The number of nitrogens with one attached hydrogen (secondary N) is 1. The van der Waals surface area contributed by atoms with Crippen LogP contribution in [0.15, 0.2) is 30.3 Å². The zero-order valence-corrected chi connectivity index (χ0v) is 13.5. The van der Waals surface area contributed by atoms with Crippen LogP contribution in [-0.4, -0.2) is 12.0 Å². The lowest BCUT2D eigenvalue weighted by atomic mass is 10.1. The summed E-state index contributed by atoms with van der Waals surface area (Å²) in [4.78, 5) is 4.56. The lowest BCUT2D eigenvalue weighted by molar-refractivity contribution is 0.459. The standard InChI is InChI=1S/C17H21ClN2O/c1-4-5-14-9-13(11-19-3)10-17(20-14)21-16-8-12(2)6-7-15(16)18/h6-10,19H,4-5,11H2,1-3H3. The van der Waals surface area contributed by atoms with Gasteiger partial charge in [0.25, 0.3) is 0 Å². The van der Waals surface area contributed by atoms with Gasteiger partial charge in [0.1, 0.15) is 5.75 Å². The summed E-state index contributed by atoms with van der Waals surface area (Å²) in [7, 11) is 1.93. The number of aromatic nitrogens is 1. The van der Waals surface area contributed by atoms with Gasteiger partial charge in [-0.1, -0.05) is 31.0 Å². The van der Waals surface area contributed by atoms with E-state index in [1.807, 2.05) is 38.2 Å². The van der Waals surface area contributed by atoms with Crippen molar-refractivity contribution in [3.05, 3.63) is 52.2 Å². The highest BCUT2D eigenvalue weighted by Crippen LogP contribution is 2.30. The minimum absolute atomic E-state index is 0.596. The molecule has 0 saturated heterocycles. The van der Waals surface area contributed by atoms with E-state index >= 15 is 0 Å². The number of ether oxygens (including phenoxy) is 1. The average Bonchev–Trinajstić information content (AvgIpc) is 2.43. The van der Waals surface area contributed by atoms with Crippen LogP contribution in [0.4, 0.5) is 0 Å². The first-order valence-corrected chi connectivity index (χ1v) is 7.58. The second kappa shape index (κ2) is 7.43. The number of benzene rings is 1. The Morgan fingerprint density at radius 1 is 1.24 bits per heavy atom. The van der Waals surface area contributed by atoms with Crippen molar-refractivity contribution >= 4 is 11.6 Å². The van der Waals surface area contributed by atoms with Crippen LogP contribution in [0.2, 0.25) is 5.02 Å². The molecule has 2 aromatic rings. The van der Waals surface area contributed by atoms with Crippen molar-refractivity contribution in [3.63, 3.8) is 0 Å². The summed E-state index contributed by atoms with van der Waals surface area (Å²) in [5, 5.41) is 3.75. The van der Waals surface area contributed by atoms with Gasteiger partial charge in [0.15, 0.2) is 0 Å². The highest BCUT2D eigenvalue weighted by molar-refractivity contribution is 6.32. The predicted octanol–water partition coefficient (Wildman–Crippen LogP) is 4.51. The normalized spacial score (nSPS) is 10.7. The summed E-state index contributed by atoms with van der Waals surface area (Å²) in [5.41, 5.74) is 3.31. The highest BCUT2D eigenvalue weighted by atomic mass is 35.5. The highest BCUT2D eigenvalue weighted by Gasteiger charge is 2.08. The van der Waals surface area contributed by atoms with Gasteiger partial charge in [-0.25, -0.2) is 4.98 Å². The van der Waals surface area contributed by atoms with Gasteiger partial charge >= 0.3 is 0 Å². The fraction of sp³-hybridized carbons (Fsp3) is 0.353. The Balaban J connectivity index is 2.31. The summed E-state index contributed by atoms with van der Waals surface area (Å²) >= 11 is 6.18. The zero-order valence-electron chi connectivity index (χ0n) is 12.7. The molecule has 3 nitrogen and oxygen atoms in total. The smallest absolute Gasteiger partial charge is 0.219 e.